The van der Waals surface area contributed by atoms with Crippen molar-refractivity contribution in [1.82, 2.24) is 20.3 Å². The third kappa shape index (κ3) is 3.48. The summed E-state index contributed by atoms with van der Waals surface area (Å²) in [5.74, 6) is 1.08. The summed E-state index contributed by atoms with van der Waals surface area (Å²) in [7, 11) is 0. The Balaban J connectivity index is 1.47. The number of imide groups is 1. The largest absolute Gasteiger partial charge is 0.486 e. The van der Waals surface area contributed by atoms with E-state index in [2.05, 4.69) is 20.3 Å². The second kappa shape index (κ2) is 6.56. The molecule has 1 aliphatic heterocycles. The van der Waals surface area contributed by atoms with Crippen molar-refractivity contribution in [2.45, 2.75) is 18.3 Å². The van der Waals surface area contributed by atoms with E-state index in [9.17, 15) is 9.59 Å². The van der Waals surface area contributed by atoms with Gasteiger partial charge in [-0.25, -0.2) is 9.97 Å². The van der Waals surface area contributed by atoms with Crippen molar-refractivity contribution in [1.29, 1.82) is 0 Å². The van der Waals surface area contributed by atoms with E-state index in [1.807, 2.05) is 24.3 Å². The Morgan fingerprint density at radius 2 is 2.00 bits per heavy atom. The van der Waals surface area contributed by atoms with Crippen molar-refractivity contribution < 1.29 is 14.3 Å². The molecule has 0 bridgehead atoms. The van der Waals surface area contributed by atoms with Crippen molar-refractivity contribution in [2.24, 2.45) is 0 Å². The van der Waals surface area contributed by atoms with E-state index in [1.54, 1.807) is 18.5 Å². The molecule has 25 heavy (non-hydrogen) atoms. The minimum atomic E-state index is -0.383. The van der Waals surface area contributed by atoms with Gasteiger partial charge in [-0.2, -0.15) is 0 Å². The Bertz CT molecular complexity index is 941. The number of H-pyrrole nitrogens is 1. The topological polar surface area (TPSA) is 97.0 Å². The molecule has 126 valence electrons. The van der Waals surface area contributed by atoms with E-state index in [4.69, 9.17) is 4.74 Å². The van der Waals surface area contributed by atoms with E-state index in [0.717, 1.165) is 28.4 Å². The zero-order valence-electron chi connectivity index (χ0n) is 13.1. The Morgan fingerprint density at radius 1 is 1.16 bits per heavy atom. The van der Waals surface area contributed by atoms with Gasteiger partial charge < -0.3 is 9.72 Å². The van der Waals surface area contributed by atoms with Gasteiger partial charge >= 0.3 is 0 Å². The average molecular weight is 354 g/mol. The molecule has 0 radical (unpaired) electrons. The first-order valence-electron chi connectivity index (χ1n) is 7.69. The monoisotopic (exact) mass is 354 g/mol. The Hall–Kier alpha value is -2.87. The van der Waals surface area contributed by atoms with Gasteiger partial charge in [0.15, 0.2) is 5.82 Å². The number of amides is 2. The van der Waals surface area contributed by atoms with Crippen LogP contribution in [0, 0.1) is 0 Å². The van der Waals surface area contributed by atoms with E-state index in [0.29, 0.717) is 24.6 Å². The maximum absolute atomic E-state index is 11.7. The lowest BCUT2D eigenvalue weighted by atomic mass is 10.2. The first-order valence-corrected chi connectivity index (χ1v) is 8.57. The molecular formula is C17H14N4O3S. The third-order valence-electron chi connectivity index (χ3n) is 3.81. The summed E-state index contributed by atoms with van der Waals surface area (Å²) in [5.41, 5.74) is 1.82. The van der Waals surface area contributed by atoms with Crippen molar-refractivity contribution in [2.75, 3.05) is 0 Å². The zero-order valence-corrected chi connectivity index (χ0v) is 13.9. The van der Waals surface area contributed by atoms with Crippen LogP contribution >= 0.6 is 11.8 Å². The molecule has 1 atom stereocenters. The molecule has 1 fully saturated rings. The first-order chi connectivity index (χ1) is 12.2. The fraction of sp³-hybridized carbons (Fsp3) is 0.176. The molecule has 3 aromatic rings. The number of rotatable bonds is 5. The molecule has 0 saturated carbocycles. The molecule has 2 amide bonds. The van der Waals surface area contributed by atoms with Gasteiger partial charge in [0.25, 0.3) is 5.24 Å². The van der Waals surface area contributed by atoms with Crippen molar-refractivity contribution >= 4 is 33.8 Å². The highest BCUT2D eigenvalue weighted by Gasteiger charge is 2.31. The lowest BCUT2D eigenvalue weighted by Gasteiger charge is -2.04. The summed E-state index contributed by atoms with van der Waals surface area (Å²) < 4.78 is 5.72. The van der Waals surface area contributed by atoms with Gasteiger partial charge in [0.05, 0.1) is 5.25 Å². The molecular weight excluding hydrogens is 340 g/mol. The summed E-state index contributed by atoms with van der Waals surface area (Å²) in [5, 5.41) is 2.65. The van der Waals surface area contributed by atoms with E-state index in [1.165, 1.54) is 0 Å². The van der Waals surface area contributed by atoms with Crippen LogP contribution < -0.4 is 10.1 Å². The number of carbonyl (C=O) groups is 2. The minimum Gasteiger partial charge on any atom is -0.486 e. The van der Waals surface area contributed by atoms with Crippen LogP contribution in [0.3, 0.4) is 0 Å². The van der Waals surface area contributed by atoms with Crippen LogP contribution in [-0.4, -0.2) is 31.3 Å². The maximum Gasteiger partial charge on any atom is 0.286 e. The number of benzene rings is 1. The van der Waals surface area contributed by atoms with Gasteiger partial charge in [0, 0.05) is 36.1 Å². The van der Waals surface area contributed by atoms with Crippen LogP contribution in [0.25, 0.3) is 10.9 Å². The van der Waals surface area contributed by atoms with Gasteiger partial charge in [-0.05, 0) is 29.7 Å². The van der Waals surface area contributed by atoms with Gasteiger partial charge in [-0.15, -0.1) is 0 Å². The van der Waals surface area contributed by atoms with Gasteiger partial charge in [0.1, 0.15) is 12.4 Å². The number of hydrogen-bond acceptors (Lipinski definition) is 6. The number of nitrogens with zero attached hydrogens (tertiary/aromatic N) is 2. The Labute approximate surface area is 147 Å². The number of hydrogen-bond donors (Lipinski definition) is 2. The Kier molecular flexibility index (Phi) is 4.10. The summed E-state index contributed by atoms with van der Waals surface area (Å²) in [6.07, 6.45) is 3.83. The van der Waals surface area contributed by atoms with E-state index in [-0.39, 0.29) is 16.4 Å². The third-order valence-corrected chi connectivity index (χ3v) is 4.79. The molecule has 1 unspecified atom stereocenters. The molecule has 7 nitrogen and oxygen atoms in total. The van der Waals surface area contributed by atoms with E-state index >= 15 is 0 Å². The maximum atomic E-state index is 11.7. The quantitative estimate of drug-likeness (QED) is 0.730. The van der Waals surface area contributed by atoms with Crippen LogP contribution in [0.5, 0.6) is 5.75 Å². The van der Waals surface area contributed by atoms with Crippen LogP contribution in [-0.2, 0) is 17.8 Å². The zero-order chi connectivity index (χ0) is 17.2. The van der Waals surface area contributed by atoms with Gasteiger partial charge in [-0.1, -0.05) is 11.8 Å². The highest BCUT2D eigenvalue weighted by Crippen LogP contribution is 2.26. The normalized spacial score (nSPS) is 17.0. The molecule has 1 aromatic carbocycles. The van der Waals surface area contributed by atoms with E-state index < -0.39 is 0 Å². The SMILES string of the molecule is O=C1NC(=O)C(Cc2cc3ccc(OCc4ncccn4)cc3[nH]2)S1. The van der Waals surface area contributed by atoms with Crippen LogP contribution in [0.15, 0.2) is 42.7 Å². The number of nitrogens with one attached hydrogen (secondary N) is 2. The number of carbonyl (C=O) groups excluding carboxylic acids is 2. The average Bonchev–Trinajstić information content (AvgIpc) is 3.15. The predicted molar refractivity (Wildman–Crippen MR) is 93.3 cm³/mol. The highest BCUT2D eigenvalue weighted by molar-refractivity contribution is 8.15. The predicted octanol–water partition coefficient (Wildman–Crippen LogP) is 2.43. The number of aromatic amines is 1. The smallest absolute Gasteiger partial charge is 0.286 e. The minimum absolute atomic E-state index is 0.236. The summed E-state index contributed by atoms with van der Waals surface area (Å²) >= 11 is 1.03. The molecule has 2 aromatic heterocycles. The number of thioether (sulfide) groups is 1. The number of fused-ring (bicyclic) bond motifs is 1. The molecule has 2 N–H and O–H groups in total. The van der Waals surface area contributed by atoms with Crippen LogP contribution in [0.4, 0.5) is 4.79 Å². The molecule has 1 aliphatic rings. The lowest BCUT2D eigenvalue weighted by Crippen LogP contribution is -2.25. The summed E-state index contributed by atoms with van der Waals surface area (Å²) in [4.78, 5) is 34.5. The van der Waals surface area contributed by atoms with Crippen molar-refractivity contribution in [3.63, 3.8) is 0 Å². The second-order valence-corrected chi connectivity index (χ2v) is 6.76. The summed E-state index contributed by atoms with van der Waals surface area (Å²) in [6.45, 7) is 0.293. The number of ether oxygens (including phenoxy) is 1. The fourth-order valence-corrected chi connectivity index (χ4v) is 3.49. The second-order valence-electron chi connectivity index (χ2n) is 5.58. The standard InChI is InChI=1S/C17H14N4O3S/c22-16-14(25-17(23)21-16)7-11-6-10-2-3-12(8-13(10)20-11)24-9-15-18-4-1-5-19-15/h1-6,8,14,20H,7,9H2,(H,21,22,23). The van der Waals surface area contributed by atoms with Gasteiger partial charge in [0.2, 0.25) is 5.91 Å². The van der Waals surface area contributed by atoms with Crippen molar-refractivity contribution in [3.05, 3.63) is 54.2 Å². The first kappa shape index (κ1) is 15.6. The van der Waals surface area contributed by atoms with Crippen molar-refractivity contribution in [3.8, 4) is 5.75 Å². The summed E-state index contributed by atoms with van der Waals surface area (Å²) in [6, 6.07) is 9.46. The molecule has 1 saturated heterocycles. The molecule has 0 aliphatic carbocycles. The highest BCUT2D eigenvalue weighted by atomic mass is 32.2. The molecule has 3 heterocycles. The Morgan fingerprint density at radius 3 is 2.76 bits per heavy atom. The lowest BCUT2D eigenvalue weighted by molar-refractivity contribution is -0.118. The van der Waals surface area contributed by atoms with Gasteiger partial charge in [-0.3, -0.25) is 14.9 Å². The number of aromatic nitrogens is 3. The fourth-order valence-electron chi connectivity index (χ4n) is 2.65. The molecule has 8 heteroatoms. The van der Waals surface area contributed by atoms with Crippen LogP contribution in [0.1, 0.15) is 11.5 Å². The molecule has 4 rings (SSSR count). The molecule has 0 spiro atoms. The van der Waals surface area contributed by atoms with Crippen LogP contribution in [0.2, 0.25) is 0 Å².